The molecule has 0 atom stereocenters. The lowest BCUT2D eigenvalue weighted by molar-refractivity contribution is -0.141. The van der Waals surface area contributed by atoms with Crippen LogP contribution in [0.5, 0.6) is 0 Å². The normalized spacial score (nSPS) is 9.57. The fraction of sp³-hybridized carbons (Fsp3) is 0.375. The number of aromatic nitrogens is 2. The zero-order valence-corrected chi connectivity index (χ0v) is 7.98. The topological polar surface area (TPSA) is 73.2 Å². The molecule has 0 saturated heterocycles. The lowest BCUT2D eigenvalue weighted by atomic mass is 10.4. The first kappa shape index (κ1) is 10.2. The van der Waals surface area contributed by atoms with Crippen molar-refractivity contribution in [3.8, 4) is 0 Å². The van der Waals surface area contributed by atoms with Gasteiger partial charge in [0.25, 0.3) is 5.91 Å². The van der Waals surface area contributed by atoms with E-state index in [0.29, 0.717) is 0 Å². The third kappa shape index (κ3) is 2.32. The maximum atomic E-state index is 11.1. The highest BCUT2D eigenvalue weighted by molar-refractivity contribution is 5.91. The van der Waals surface area contributed by atoms with Gasteiger partial charge < -0.3 is 10.1 Å². The Morgan fingerprint density at radius 1 is 1.64 bits per heavy atom. The second kappa shape index (κ2) is 4.40. The summed E-state index contributed by atoms with van der Waals surface area (Å²) in [4.78, 5) is 21.9. The van der Waals surface area contributed by atoms with E-state index >= 15 is 0 Å². The van der Waals surface area contributed by atoms with Crippen LogP contribution in [0.4, 0.5) is 0 Å². The van der Waals surface area contributed by atoms with Crippen LogP contribution < -0.4 is 5.32 Å². The van der Waals surface area contributed by atoms with Crippen molar-refractivity contribution in [3.63, 3.8) is 0 Å². The minimum absolute atomic E-state index is 0.00743. The fourth-order valence-corrected chi connectivity index (χ4v) is 0.896. The molecule has 1 aromatic heterocycles. The second-order valence-electron chi connectivity index (χ2n) is 2.55. The molecule has 0 aliphatic heterocycles. The molecule has 0 aliphatic carbocycles. The summed E-state index contributed by atoms with van der Waals surface area (Å²) in [6.07, 6.45) is 1.54. The molecule has 1 heterocycles. The highest BCUT2D eigenvalue weighted by Gasteiger charge is 2.08. The Bertz CT molecular complexity index is 345. The van der Waals surface area contributed by atoms with Crippen molar-refractivity contribution >= 4 is 11.9 Å². The first-order valence-electron chi connectivity index (χ1n) is 3.99. The number of esters is 1. The van der Waals surface area contributed by atoms with Crippen molar-refractivity contribution in [2.24, 2.45) is 0 Å². The van der Waals surface area contributed by atoms with E-state index in [9.17, 15) is 9.59 Å². The molecule has 0 spiro atoms. The summed E-state index contributed by atoms with van der Waals surface area (Å²) in [5.41, 5.74) is 0.274. The molecular weight excluding hydrogens is 186 g/mol. The van der Waals surface area contributed by atoms with E-state index in [4.69, 9.17) is 0 Å². The first-order valence-corrected chi connectivity index (χ1v) is 3.99. The number of ether oxygens (including phenoxy) is 1. The Morgan fingerprint density at radius 2 is 2.36 bits per heavy atom. The zero-order valence-electron chi connectivity index (χ0n) is 7.98. The average molecular weight is 197 g/mol. The number of hydrogen-bond donors (Lipinski definition) is 1. The Balaban J connectivity index is 2.68. The number of methoxy groups -OCH3 is 1. The van der Waals surface area contributed by atoms with Crippen LogP contribution in [-0.4, -0.2) is 35.8 Å². The molecule has 0 aliphatic rings. The van der Waals surface area contributed by atoms with E-state index < -0.39 is 5.97 Å². The van der Waals surface area contributed by atoms with Crippen molar-refractivity contribution in [2.45, 2.75) is 6.54 Å². The molecule has 6 heteroatoms. The van der Waals surface area contributed by atoms with Gasteiger partial charge in [0.15, 0.2) is 0 Å². The van der Waals surface area contributed by atoms with Crippen LogP contribution in [0.15, 0.2) is 12.3 Å². The average Bonchev–Trinajstić information content (AvgIpc) is 2.65. The van der Waals surface area contributed by atoms with Crippen molar-refractivity contribution in [3.05, 3.63) is 18.0 Å². The molecule has 1 amide bonds. The molecule has 1 rings (SSSR count). The number of nitrogens with zero attached hydrogens (tertiary/aromatic N) is 2. The molecule has 0 radical (unpaired) electrons. The largest absolute Gasteiger partial charge is 0.468 e. The quantitative estimate of drug-likeness (QED) is 0.658. The standard InChI is InChI=1S/C8H11N3O3/c1-9-8(13)6-3-4-11(10-6)5-7(12)14-2/h3-4H,5H2,1-2H3,(H,9,13). The third-order valence-corrected chi connectivity index (χ3v) is 1.62. The Hall–Kier alpha value is -1.85. The minimum atomic E-state index is -0.406. The Morgan fingerprint density at radius 3 is 2.93 bits per heavy atom. The molecule has 6 nitrogen and oxygen atoms in total. The number of amides is 1. The zero-order chi connectivity index (χ0) is 10.6. The first-order chi connectivity index (χ1) is 6.67. The highest BCUT2D eigenvalue weighted by Crippen LogP contribution is 1.95. The molecule has 0 aromatic carbocycles. The van der Waals surface area contributed by atoms with Gasteiger partial charge in [-0.3, -0.25) is 14.3 Å². The van der Waals surface area contributed by atoms with Gasteiger partial charge in [0.1, 0.15) is 12.2 Å². The van der Waals surface area contributed by atoms with Crippen LogP contribution in [0, 0.1) is 0 Å². The number of carbonyl (C=O) groups excluding carboxylic acids is 2. The summed E-state index contributed by atoms with van der Waals surface area (Å²) < 4.78 is 5.79. The van der Waals surface area contributed by atoms with Gasteiger partial charge in [-0.15, -0.1) is 0 Å². The van der Waals surface area contributed by atoms with E-state index in [2.05, 4.69) is 15.2 Å². The predicted octanol–water partition coefficient (Wildman–Crippen LogP) is -0.584. The number of rotatable bonds is 3. The predicted molar refractivity (Wildman–Crippen MR) is 47.6 cm³/mol. The molecule has 0 fully saturated rings. The van der Waals surface area contributed by atoms with Crippen LogP contribution in [0.2, 0.25) is 0 Å². The summed E-state index contributed by atoms with van der Waals surface area (Å²) in [6.45, 7) is 0.00743. The van der Waals surface area contributed by atoms with Crippen LogP contribution in [-0.2, 0) is 16.1 Å². The number of nitrogens with one attached hydrogen (secondary N) is 1. The summed E-state index contributed by atoms with van der Waals surface area (Å²) in [5, 5.41) is 6.30. The summed E-state index contributed by atoms with van der Waals surface area (Å²) in [7, 11) is 2.81. The van der Waals surface area contributed by atoms with Gasteiger partial charge >= 0.3 is 5.97 Å². The van der Waals surface area contributed by atoms with Crippen LogP contribution in [0.25, 0.3) is 0 Å². The molecule has 1 N–H and O–H groups in total. The second-order valence-corrected chi connectivity index (χ2v) is 2.55. The van der Waals surface area contributed by atoms with Crippen molar-refractivity contribution in [2.75, 3.05) is 14.2 Å². The maximum absolute atomic E-state index is 11.1. The molecule has 76 valence electrons. The smallest absolute Gasteiger partial charge is 0.327 e. The lowest BCUT2D eigenvalue weighted by Crippen LogP contribution is -2.19. The molecular formula is C8H11N3O3. The minimum Gasteiger partial charge on any atom is -0.468 e. The Kier molecular flexibility index (Phi) is 3.22. The molecule has 0 saturated carbocycles. The fourth-order valence-electron chi connectivity index (χ4n) is 0.896. The van der Waals surface area contributed by atoms with Gasteiger partial charge in [-0.05, 0) is 6.07 Å². The molecule has 0 bridgehead atoms. The van der Waals surface area contributed by atoms with E-state index in [1.165, 1.54) is 24.9 Å². The molecule has 1 aromatic rings. The number of carbonyl (C=O) groups is 2. The van der Waals surface area contributed by atoms with Gasteiger partial charge in [-0.2, -0.15) is 5.10 Å². The Labute approximate surface area is 80.8 Å². The summed E-state index contributed by atoms with van der Waals surface area (Å²) in [6, 6.07) is 1.53. The van der Waals surface area contributed by atoms with Gasteiger partial charge in [-0.25, -0.2) is 0 Å². The van der Waals surface area contributed by atoms with Crippen molar-refractivity contribution in [1.29, 1.82) is 0 Å². The van der Waals surface area contributed by atoms with Gasteiger partial charge in [0.05, 0.1) is 7.11 Å². The summed E-state index contributed by atoms with van der Waals surface area (Å²) >= 11 is 0. The SMILES string of the molecule is CNC(=O)c1ccn(CC(=O)OC)n1. The third-order valence-electron chi connectivity index (χ3n) is 1.62. The van der Waals surface area contributed by atoms with Gasteiger partial charge in [-0.1, -0.05) is 0 Å². The summed E-state index contributed by atoms with van der Waals surface area (Å²) in [5.74, 6) is -0.690. The van der Waals surface area contributed by atoms with E-state index in [1.807, 2.05) is 0 Å². The highest BCUT2D eigenvalue weighted by atomic mass is 16.5. The van der Waals surface area contributed by atoms with Crippen molar-refractivity contribution < 1.29 is 14.3 Å². The van der Waals surface area contributed by atoms with E-state index in [0.717, 1.165) is 0 Å². The number of hydrogen-bond acceptors (Lipinski definition) is 4. The van der Waals surface area contributed by atoms with Crippen LogP contribution >= 0.6 is 0 Å². The molecule has 14 heavy (non-hydrogen) atoms. The van der Waals surface area contributed by atoms with Crippen LogP contribution in [0.1, 0.15) is 10.5 Å². The lowest BCUT2D eigenvalue weighted by Gasteiger charge is -1.98. The van der Waals surface area contributed by atoms with Gasteiger partial charge in [0.2, 0.25) is 0 Å². The van der Waals surface area contributed by atoms with Gasteiger partial charge in [0, 0.05) is 13.2 Å². The van der Waals surface area contributed by atoms with E-state index in [1.54, 1.807) is 6.20 Å². The van der Waals surface area contributed by atoms with Crippen molar-refractivity contribution in [1.82, 2.24) is 15.1 Å². The van der Waals surface area contributed by atoms with E-state index in [-0.39, 0.29) is 18.1 Å². The molecule has 0 unspecified atom stereocenters. The van der Waals surface area contributed by atoms with Crippen LogP contribution in [0.3, 0.4) is 0 Å². The monoisotopic (exact) mass is 197 g/mol. The maximum Gasteiger partial charge on any atom is 0.327 e.